The summed E-state index contributed by atoms with van der Waals surface area (Å²) in [4.78, 5) is 12.1. The lowest BCUT2D eigenvalue weighted by Gasteiger charge is -2.21. The normalized spacial score (nSPS) is 27.2. The van der Waals surface area contributed by atoms with Crippen LogP contribution in [0.5, 0.6) is 0 Å². The highest BCUT2D eigenvalue weighted by Crippen LogP contribution is 2.49. The van der Waals surface area contributed by atoms with E-state index in [1.54, 1.807) is 0 Å². The van der Waals surface area contributed by atoms with Gasteiger partial charge in [0.05, 0.1) is 10.6 Å². The Labute approximate surface area is 132 Å². The van der Waals surface area contributed by atoms with Gasteiger partial charge in [0.2, 0.25) is 5.91 Å². The Bertz CT molecular complexity index is 587. The second-order valence-corrected chi connectivity index (χ2v) is 6.79. The van der Waals surface area contributed by atoms with Gasteiger partial charge in [0.1, 0.15) is 0 Å². The maximum atomic E-state index is 12.8. The maximum absolute atomic E-state index is 12.8. The van der Waals surface area contributed by atoms with Gasteiger partial charge in [-0.25, -0.2) is 0 Å². The van der Waals surface area contributed by atoms with E-state index in [-0.39, 0.29) is 16.6 Å². The van der Waals surface area contributed by atoms with E-state index in [2.05, 4.69) is 5.32 Å². The van der Waals surface area contributed by atoms with Crippen LogP contribution in [-0.4, -0.2) is 5.91 Å². The Kier molecular flexibility index (Phi) is 4.10. The largest absolute Gasteiger partial charge is 0.417 e. The highest BCUT2D eigenvalue weighted by Gasteiger charge is 2.40. The lowest BCUT2D eigenvalue weighted by atomic mass is 9.86. The van der Waals surface area contributed by atoms with E-state index < -0.39 is 11.7 Å². The van der Waals surface area contributed by atoms with Crippen molar-refractivity contribution in [3.8, 4) is 0 Å². The second kappa shape index (κ2) is 5.76. The summed E-state index contributed by atoms with van der Waals surface area (Å²) >= 11 is 5.56. The van der Waals surface area contributed by atoms with Gasteiger partial charge in [-0.2, -0.15) is 13.2 Å². The summed E-state index contributed by atoms with van der Waals surface area (Å²) in [5.41, 5.74) is -0.781. The molecule has 2 nitrogen and oxygen atoms in total. The molecule has 2 aliphatic rings. The highest BCUT2D eigenvalue weighted by molar-refractivity contribution is 6.31. The lowest BCUT2D eigenvalue weighted by Crippen LogP contribution is -2.20. The van der Waals surface area contributed by atoms with Crippen LogP contribution >= 0.6 is 11.6 Å². The second-order valence-electron chi connectivity index (χ2n) is 6.38. The molecule has 1 N–H and O–H groups in total. The average molecular weight is 332 g/mol. The number of alkyl halides is 3. The molecule has 3 unspecified atom stereocenters. The van der Waals surface area contributed by atoms with Crippen LogP contribution in [0.1, 0.15) is 37.7 Å². The fraction of sp³-hybridized carbons (Fsp3) is 0.562. The van der Waals surface area contributed by atoms with Gasteiger partial charge in [-0.05, 0) is 55.2 Å². The van der Waals surface area contributed by atoms with Crippen molar-refractivity contribution in [2.24, 2.45) is 17.8 Å². The maximum Gasteiger partial charge on any atom is 0.417 e. The minimum Gasteiger partial charge on any atom is -0.326 e. The molecule has 0 saturated heterocycles. The number of halogens is 4. The molecule has 0 aromatic heterocycles. The number of hydrogen-bond donors (Lipinski definition) is 1. The van der Waals surface area contributed by atoms with Gasteiger partial charge >= 0.3 is 6.18 Å². The summed E-state index contributed by atoms with van der Waals surface area (Å²) in [6, 6.07) is 3.45. The number of rotatable bonds is 3. The van der Waals surface area contributed by atoms with Crippen molar-refractivity contribution in [1.29, 1.82) is 0 Å². The van der Waals surface area contributed by atoms with Crippen molar-refractivity contribution >= 4 is 23.2 Å². The summed E-state index contributed by atoms with van der Waals surface area (Å²) < 4.78 is 38.4. The number of benzene rings is 1. The number of carbonyl (C=O) groups excluding carboxylic acids is 1. The first-order chi connectivity index (χ1) is 10.3. The zero-order chi connectivity index (χ0) is 15.9. The van der Waals surface area contributed by atoms with Crippen molar-refractivity contribution < 1.29 is 18.0 Å². The number of nitrogens with one attached hydrogen (secondary N) is 1. The molecular weight excluding hydrogens is 315 g/mol. The Morgan fingerprint density at radius 2 is 2.05 bits per heavy atom. The number of hydrogen-bond acceptors (Lipinski definition) is 1. The van der Waals surface area contributed by atoms with Gasteiger partial charge in [-0.1, -0.05) is 18.0 Å². The van der Waals surface area contributed by atoms with Crippen molar-refractivity contribution in [2.75, 3.05) is 5.32 Å². The smallest absolute Gasteiger partial charge is 0.326 e. The van der Waals surface area contributed by atoms with Gasteiger partial charge in [0.25, 0.3) is 0 Å². The van der Waals surface area contributed by atoms with E-state index in [4.69, 9.17) is 11.6 Å². The molecule has 1 aromatic carbocycles. The predicted molar refractivity (Wildman–Crippen MR) is 78.6 cm³/mol. The minimum atomic E-state index is -4.53. The molecule has 3 rings (SSSR count). The third-order valence-electron chi connectivity index (χ3n) is 4.89. The molecule has 2 fully saturated rings. The molecule has 120 valence electrons. The van der Waals surface area contributed by atoms with E-state index in [1.165, 1.54) is 25.3 Å². The summed E-state index contributed by atoms with van der Waals surface area (Å²) in [5, 5.41) is 2.21. The molecular formula is C16H17ClF3NO. The van der Waals surface area contributed by atoms with Crippen molar-refractivity contribution in [3.05, 3.63) is 28.8 Å². The number of anilines is 1. The first-order valence-corrected chi connectivity index (χ1v) is 7.87. The van der Waals surface area contributed by atoms with Crippen LogP contribution in [0.25, 0.3) is 0 Å². The zero-order valence-electron chi connectivity index (χ0n) is 11.9. The fourth-order valence-corrected chi connectivity index (χ4v) is 4.12. The van der Waals surface area contributed by atoms with E-state index in [1.807, 2.05) is 0 Å². The summed E-state index contributed by atoms with van der Waals surface area (Å²) in [6.45, 7) is 0. The molecule has 0 heterocycles. The molecule has 6 heteroatoms. The number of fused-ring (bicyclic) bond motifs is 2. The van der Waals surface area contributed by atoms with Gasteiger partial charge in [-0.3, -0.25) is 4.79 Å². The van der Waals surface area contributed by atoms with Crippen LogP contribution in [-0.2, 0) is 11.0 Å². The molecule has 0 spiro atoms. The third kappa shape index (κ3) is 3.24. The number of amides is 1. The monoisotopic (exact) mass is 331 g/mol. The Balaban J connectivity index is 1.64. The Hall–Kier alpha value is -1.23. The molecule has 1 aromatic rings. The molecule has 0 aliphatic heterocycles. The van der Waals surface area contributed by atoms with Crippen molar-refractivity contribution in [2.45, 2.75) is 38.3 Å². The van der Waals surface area contributed by atoms with Crippen molar-refractivity contribution in [3.63, 3.8) is 0 Å². The van der Waals surface area contributed by atoms with Gasteiger partial charge < -0.3 is 5.32 Å². The third-order valence-corrected chi connectivity index (χ3v) is 5.22. The molecule has 2 bridgehead atoms. The Morgan fingerprint density at radius 1 is 1.27 bits per heavy atom. The first-order valence-electron chi connectivity index (χ1n) is 7.49. The summed E-state index contributed by atoms with van der Waals surface area (Å²) in [5.74, 6) is 1.53. The van der Waals surface area contributed by atoms with Crippen molar-refractivity contribution in [1.82, 2.24) is 0 Å². The lowest BCUT2D eigenvalue weighted by molar-refractivity contribution is -0.137. The van der Waals surface area contributed by atoms with Crippen LogP contribution in [0.3, 0.4) is 0 Å². The molecule has 2 aliphatic carbocycles. The molecule has 1 amide bonds. The summed E-state index contributed by atoms with van der Waals surface area (Å²) in [6.07, 6.45) is 0.591. The fourth-order valence-electron chi connectivity index (χ4n) is 3.90. The van der Waals surface area contributed by atoms with E-state index in [0.29, 0.717) is 18.3 Å². The van der Waals surface area contributed by atoms with E-state index >= 15 is 0 Å². The van der Waals surface area contributed by atoms with E-state index in [9.17, 15) is 18.0 Å². The van der Waals surface area contributed by atoms with Gasteiger partial charge in [-0.15, -0.1) is 0 Å². The molecule has 3 atom stereocenters. The number of carbonyl (C=O) groups is 1. The van der Waals surface area contributed by atoms with Gasteiger partial charge in [0.15, 0.2) is 0 Å². The SMILES string of the molecule is O=C(CC1CC2CCC1C2)Nc1ccc(Cl)c(C(F)(F)F)c1. The van der Waals surface area contributed by atoms with Crippen LogP contribution in [0.2, 0.25) is 5.02 Å². The van der Waals surface area contributed by atoms with E-state index in [0.717, 1.165) is 24.5 Å². The minimum absolute atomic E-state index is 0.143. The molecule has 0 radical (unpaired) electrons. The quantitative estimate of drug-likeness (QED) is 0.818. The Morgan fingerprint density at radius 3 is 2.64 bits per heavy atom. The predicted octanol–water partition coefficient (Wildman–Crippen LogP) is 5.12. The zero-order valence-corrected chi connectivity index (χ0v) is 12.7. The average Bonchev–Trinajstić information content (AvgIpc) is 3.02. The first kappa shape index (κ1) is 15.7. The summed E-state index contributed by atoms with van der Waals surface area (Å²) in [7, 11) is 0. The molecule has 22 heavy (non-hydrogen) atoms. The molecule has 2 saturated carbocycles. The standard InChI is InChI=1S/C16H17ClF3NO/c17-14-4-3-12(8-13(14)16(18,19)20)21-15(22)7-11-6-9-1-2-10(11)5-9/h3-4,8-11H,1-2,5-7H2,(H,21,22). The van der Waals surface area contributed by atoms with Crippen LogP contribution in [0.15, 0.2) is 18.2 Å². The van der Waals surface area contributed by atoms with Crippen LogP contribution in [0, 0.1) is 17.8 Å². The highest BCUT2D eigenvalue weighted by atomic mass is 35.5. The topological polar surface area (TPSA) is 29.1 Å². The van der Waals surface area contributed by atoms with Crippen LogP contribution < -0.4 is 5.32 Å². The van der Waals surface area contributed by atoms with Gasteiger partial charge in [0, 0.05) is 12.1 Å². The van der Waals surface area contributed by atoms with Crippen LogP contribution in [0.4, 0.5) is 18.9 Å².